The number of hydrogen-bond donors (Lipinski definition) is 1. The monoisotopic (exact) mass is 435 g/mol. The van der Waals surface area contributed by atoms with Crippen molar-refractivity contribution < 1.29 is 19.1 Å². The zero-order chi connectivity index (χ0) is 22.1. The lowest BCUT2D eigenvalue weighted by Gasteiger charge is -2.30. The van der Waals surface area contributed by atoms with Crippen molar-refractivity contribution in [2.75, 3.05) is 29.9 Å². The molecule has 1 saturated heterocycles. The van der Waals surface area contributed by atoms with E-state index in [1.165, 1.54) is 11.8 Å². The fourth-order valence-electron chi connectivity index (χ4n) is 3.54. The van der Waals surface area contributed by atoms with Gasteiger partial charge < -0.3 is 15.0 Å². The van der Waals surface area contributed by atoms with Crippen LogP contribution in [-0.4, -0.2) is 49.4 Å². The number of nitrogens with one attached hydrogen (secondary N) is 1. The number of carbonyl (C=O) groups excluding carboxylic acids is 3. The van der Waals surface area contributed by atoms with Crippen LogP contribution in [0.1, 0.15) is 22.8 Å². The lowest BCUT2D eigenvalue weighted by atomic mass is 10.1. The number of nitrogens with zero attached hydrogens (tertiary/aromatic N) is 2. The molecule has 31 heavy (non-hydrogen) atoms. The van der Waals surface area contributed by atoms with Crippen molar-refractivity contribution in [1.29, 1.82) is 0 Å². The molecule has 2 aromatic rings. The predicted molar refractivity (Wildman–Crippen MR) is 119 cm³/mol. The second kappa shape index (κ2) is 8.36. The second-order valence-electron chi connectivity index (χ2n) is 7.36. The molecule has 2 atom stereocenters. The molecule has 7 nitrogen and oxygen atoms in total. The second-order valence-corrected chi connectivity index (χ2v) is 8.74. The Kier molecular flexibility index (Phi) is 5.61. The van der Waals surface area contributed by atoms with Gasteiger partial charge in [-0.15, -0.1) is 18.2 Å². The van der Waals surface area contributed by atoms with Gasteiger partial charge in [0.1, 0.15) is 6.10 Å². The van der Waals surface area contributed by atoms with Gasteiger partial charge >= 0.3 is 6.09 Å². The zero-order valence-corrected chi connectivity index (χ0v) is 17.9. The number of anilines is 2. The number of carbonyl (C=O) groups is 3. The first-order chi connectivity index (χ1) is 14.9. The molecule has 0 radical (unpaired) electrons. The van der Waals surface area contributed by atoms with Crippen molar-refractivity contribution in [3.63, 3.8) is 0 Å². The maximum Gasteiger partial charge on any atom is 0.414 e. The number of thioether (sulfide) groups is 1. The first-order valence-electron chi connectivity index (χ1n) is 9.78. The molecule has 1 N–H and O–H groups in total. The Morgan fingerprint density at radius 2 is 2.00 bits per heavy atom. The van der Waals surface area contributed by atoms with Crippen molar-refractivity contribution in [3.05, 3.63) is 53.6 Å². The van der Waals surface area contributed by atoms with Crippen LogP contribution < -0.4 is 15.1 Å². The number of amides is 3. The number of ether oxygens (including phenoxy) is 1. The molecule has 0 aliphatic carbocycles. The molecule has 158 valence electrons. The molecule has 0 spiro atoms. The van der Waals surface area contributed by atoms with Crippen molar-refractivity contribution in [3.8, 4) is 12.3 Å². The van der Waals surface area contributed by atoms with Gasteiger partial charge in [0.25, 0.3) is 5.91 Å². The highest BCUT2D eigenvalue weighted by atomic mass is 32.2. The molecule has 2 aliphatic rings. The van der Waals surface area contributed by atoms with Crippen LogP contribution in [0.4, 0.5) is 16.2 Å². The lowest BCUT2D eigenvalue weighted by molar-refractivity contribution is -0.117. The van der Waals surface area contributed by atoms with Gasteiger partial charge in [0.2, 0.25) is 5.91 Å². The highest BCUT2D eigenvalue weighted by molar-refractivity contribution is 8.01. The summed E-state index contributed by atoms with van der Waals surface area (Å²) in [6, 6.07) is 12.3. The van der Waals surface area contributed by atoms with Crippen molar-refractivity contribution >= 4 is 41.0 Å². The Labute approximate surface area is 184 Å². The number of hydrogen-bond acceptors (Lipinski definition) is 5. The first-order valence-corrected chi connectivity index (χ1v) is 10.7. The first kappa shape index (κ1) is 20.8. The van der Waals surface area contributed by atoms with E-state index < -0.39 is 12.2 Å². The smallest absolute Gasteiger partial charge is 0.414 e. The highest BCUT2D eigenvalue weighted by Crippen LogP contribution is 2.41. The Morgan fingerprint density at radius 1 is 1.26 bits per heavy atom. The van der Waals surface area contributed by atoms with Crippen LogP contribution >= 0.6 is 11.8 Å². The summed E-state index contributed by atoms with van der Waals surface area (Å²) in [5, 5.41) is 2.61. The Balaban J connectivity index is 1.40. The highest BCUT2D eigenvalue weighted by Gasteiger charge is 2.34. The predicted octanol–water partition coefficient (Wildman–Crippen LogP) is 2.88. The van der Waals surface area contributed by atoms with Crippen molar-refractivity contribution in [2.24, 2.45) is 0 Å². The fraction of sp³-hybridized carbons (Fsp3) is 0.261. The van der Waals surface area contributed by atoms with Crippen LogP contribution in [0.3, 0.4) is 0 Å². The van der Waals surface area contributed by atoms with E-state index in [0.29, 0.717) is 23.4 Å². The summed E-state index contributed by atoms with van der Waals surface area (Å²) < 4.78 is 5.43. The molecule has 4 rings (SSSR count). The topological polar surface area (TPSA) is 79.0 Å². The van der Waals surface area contributed by atoms with Gasteiger partial charge in [-0.3, -0.25) is 14.5 Å². The molecular formula is C23H21N3O4S. The molecule has 2 aliphatic heterocycles. The number of benzene rings is 2. The molecule has 2 aromatic carbocycles. The van der Waals surface area contributed by atoms with E-state index >= 15 is 0 Å². The van der Waals surface area contributed by atoms with E-state index in [1.807, 2.05) is 19.1 Å². The van der Waals surface area contributed by atoms with E-state index in [4.69, 9.17) is 11.2 Å². The standard InChI is InChI=1S/C23H21N3O4S/c1-4-15-5-7-16(8-6-15)21(27)24-12-18-13-26(23(29)30-18)17-9-10-19-20(11-17)31-14(2)22(28)25(19)3/h1,5-11,14,18H,12-13H2,2-3H3,(H,24,27). The average molecular weight is 436 g/mol. The van der Waals surface area contributed by atoms with Crippen molar-refractivity contribution in [2.45, 2.75) is 23.2 Å². The zero-order valence-electron chi connectivity index (χ0n) is 17.1. The van der Waals surface area contributed by atoms with E-state index in [-0.39, 0.29) is 23.6 Å². The summed E-state index contributed by atoms with van der Waals surface area (Å²) in [6.07, 6.45) is 4.40. The van der Waals surface area contributed by atoms with E-state index in [1.54, 1.807) is 47.2 Å². The Morgan fingerprint density at radius 3 is 2.71 bits per heavy atom. The normalized spacial score (nSPS) is 20.2. The van der Waals surface area contributed by atoms with Gasteiger partial charge in [-0.2, -0.15) is 0 Å². The van der Waals surface area contributed by atoms with Crippen LogP contribution in [-0.2, 0) is 9.53 Å². The summed E-state index contributed by atoms with van der Waals surface area (Å²) in [5.74, 6) is 2.30. The van der Waals surface area contributed by atoms with Gasteiger partial charge in [-0.25, -0.2) is 4.79 Å². The number of rotatable bonds is 4. The Bertz CT molecular complexity index is 1090. The van der Waals surface area contributed by atoms with Crippen molar-refractivity contribution in [1.82, 2.24) is 5.32 Å². The minimum Gasteiger partial charge on any atom is -0.442 e. The summed E-state index contributed by atoms with van der Waals surface area (Å²) in [7, 11) is 1.75. The molecule has 1 fully saturated rings. The summed E-state index contributed by atoms with van der Waals surface area (Å²) >= 11 is 1.47. The van der Waals surface area contributed by atoms with E-state index in [9.17, 15) is 14.4 Å². The average Bonchev–Trinajstić information content (AvgIpc) is 3.16. The molecule has 3 amide bonds. The van der Waals surface area contributed by atoms with Gasteiger partial charge in [-0.1, -0.05) is 5.92 Å². The Hall–Kier alpha value is -3.44. The van der Waals surface area contributed by atoms with Crippen LogP contribution in [0.5, 0.6) is 0 Å². The quantitative estimate of drug-likeness (QED) is 0.748. The van der Waals surface area contributed by atoms with Gasteiger partial charge in [-0.05, 0) is 49.4 Å². The number of fused-ring (bicyclic) bond motifs is 1. The third-order valence-corrected chi connectivity index (χ3v) is 6.41. The van der Waals surface area contributed by atoms with Crippen LogP contribution in [0, 0.1) is 12.3 Å². The summed E-state index contributed by atoms with van der Waals surface area (Å²) in [4.78, 5) is 41.0. The van der Waals surface area contributed by atoms with Crippen LogP contribution in [0.2, 0.25) is 0 Å². The third kappa shape index (κ3) is 4.09. The van der Waals surface area contributed by atoms with Gasteiger partial charge in [0.05, 0.1) is 24.0 Å². The summed E-state index contributed by atoms with van der Waals surface area (Å²) in [5.41, 5.74) is 2.71. The largest absolute Gasteiger partial charge is 0.442 e. The number of terminal acetylenes is 1. The van der Waals surface area contributed by atoms with Crippen LogP contribution in [0.25, 0.3) is 0 Å². The SMILES string of the molecule is C#Cc1ccc(C(=O)NCC2CN(c3ccc4c(c3)SC(C)C(=O)N4C)C(=O)O2)cc1. The minimum absolute atomic E-state index is 0.0515. The molecule has 0 saturated carbocycles. The maximum atomic E-state index is 12.4. The molecule has 0 bridgehead atoms. The minimum atomic E-state index is -0.465. The summed E-state index contributed by atoms with van der Waals surface area (Å²) in [6.45, 7) is 2.39. The molecule has 8 heteroatoms. The lowest BCUT2D eigenvalue weighted by Crippen LogP contribution is -2.36. The molecular weight excluding hydrogens is 414 g/mol. The number of cyclic esters (lactones) is 1. The van der Waals surface area contributed by atoms with Crippen LogP contribution in [0.15, 0.2) is 47.4 Å². The van der Waals surface area contributed by atoms with E-state index in [2.05, 4.69) is 11.2 Å². The van der Waals surface area contributed by atoms with Gasteiger partial charge in [0.15, 0.2) is 0 Å². The third-order valence-electron chi connectivity index (χ3n) is 5.28. The van der Waals surface area contributed by atoms with Gasteiger partial charge in [0, 0.05) is 28.8 Å². The molecule has 2 heterocycles. The maximum absolute atomic E-state index is 12.4. The fourth-order valence-corrected chi connectivity index (χ4v) is 4.69. The molecule has 2 unspecified atom stereocenters. The van der Waals surface area contributed by atoms with E-state index in [0.717, 1.165) is 10.6 Å². The molecule has 0 aromatic heterocycles.